The summed E-state index contributed by atoms with van der Waals surface area (Å²) in [6.45, 7) is 0. The number of alkyl halides is 3. The number of hydrogen-bond donors (Lipinski definition) is 0. The predicted molar refractivity (Wildman–Crippen MR) is 66.1 cm³/mol. The summed E-state index contributed by atoms with van der Waals surface area (Å²) in [6, 6.07) is 8.88. The van der Waals surface area contributed by atoms with E-state index < -0.39 is 12.1 Å². The van der Waals surface area contributed by atoms with E-state index in [0.29, 0.717) is 16.8 Å². The van der Waals surface area contributed by atoms with Gasteiger partial charge in [-0.15, -0.1) is 13.2 Å². The minimum atomic E-state index is -4.79. The molecule has 0 unspecified atom stereocenters. The van der Waals surface area contributed by atoms with Gasteiger partial charge in [-0.25, -0.2) is 0 Å². The van der Waals surface area contributed by atoms with Crippen LogP contribution in [-0.2, 0) is 0 Å². The first-order valence-corrected chi connectivity index (χ1v) is 5.68. The molecule has 0 radical (unpaired) electrons. The van der Waals surface area contributed by atoms with Gasteiger partial charge in [0.15, 0.2) is 0 Å². The average Bonchev–Trinajstić information content (AvgIpc) is 2.40. The molecule has 2 aromatic rings. The largest absolute Gasteiger partial charge is 0.573 e. The summed E-state index contributed by atoms with van der Waals surface area (Å²) in [5, 5.41) is 8.48. The number of nitriles is 1. The Hall–Kier alpha value is -2.26. The van der Waals surface area contributed by atoms with Crippen molar-refractivity contribution >= 4 is 11.6 Å². The van der Waals surface area contributed by atoms with E-state index in [1.807, 2.05) is 6.07 Å². The molecule has 0 bridgehead atoms. The second-order valence-electron chi connectivity index (χ2n) is 3.74. The predicted octanol–water partition coefficient (Wildman–Crippen LogP) is 4.17. The van der Waals surface area contributed by atoms with Gasteiger partial charge in [0, 0.05) is 11.8 Å². The summed E-state index contributed by atoms with van der Waals surface area (Å²) in [5.74, 6) is -0.475. The third-order valence-electron chi connectivity index (χ3n) is 2.35. The SMILES string of the molecule is N#Cc1ccc(-c2ccc(OC(F)(F)F)c(Cl)c2)nc1. The van der Waals surface area contributed by atoms with Crippen LogP contribution < -0.4 is 4.74 Å². The lowest BCUT2D eigenvalue weighted by atomic mass is 10.1. The molecule has 0 spiro atoms. The van der Waals surface area contributed by atoms with Crippen LogP contribution in [0, 0.1) is 11.3 Å². The Kier molecular flexibility index (Phi) is 3.81. The van der Waals surface area contributed by atoms with Gasteiger partial charge in [-0.2, -0.15) is 5.26 Å². The van der Waals surface area contributed by atoms with Gasteiger partial charge in [-0.1, -0.05) is 11.6 Å². The van der Waals surface area contributed by atoms with Crippen LogP contribution in [0.25, 0.3) is 11.3 Å². The number of aromatic nitrogens is 1. The molecule has 1 aromatic carbocycles. The van der Waals surface area contributed by atoms with Crippen LogP contribution >= 0.6 is 11.6 Å². The first-order chi connectivity index (χ1) is 9.39. The van der Waals surface area contributed by atoms with E-state index >= 15 is 0 Å². The summed E-state index contributed by atoms with van der Waals surface area (Å²) in [6.07, 6.45) is -3.43. The molecule has 0 aliphatic carbocycles. The maximum atomic E-state index is 12.1. The molecule has 3 nitrogen and oxygen atoms in total. The van der Waals surface area contributed by atoms with E-state index in [1.165, 1.54) is 18.3 Å². The normalized spacial score (nSPS) is 10.9. The topological polar surface area (TPSA) is 45.9 Å². The van der Waals surface area contributed by atoms with Crippen LogP contribution in [0.2, 0.25) is 5.02 Å². The first kappa shape index (κ1) is 14.2. The number of rotatable bonds is 2. The van der Waals surface area contributed by atoms with Crippen molar-refractivity contribution in [1.29, 1.82) is 5.26 Å². The molecule has 0 aliphatic heterocycles. The zero-order valence-corrected chi connectivity index (χ0v) is 10.5. The Labute approximate surface area is 117 Å². The Bertz CT molecular complexity index is 663. The highest BCUT2D eigenvalue weighted by Crippen LogP contribution is 2.33. The number of halogens is 4. The van der Waals surface area contributed by atoms with Gasteiger partial charge in [0.25, 0.3) is 0 Å². The number of pyridine rings is 1. The lowest BCUT2D eigenvalue weighted by molar-refractivity contribution is -0.274. The van der Waals surface area contributed by atoms with Crippen molar-refractivity contribution in [3.05, 3.63) is 47.1 Å². The van der Waals surface area contributed by atoms with E-state index in [-0.39, 0.29) is 5.02 Å². The minimum absolute atomic E-state index is 0.175. The maximum Gasteiger partial charge on any atom is 0.573 e. The van der Waals surface area contributed by atoms with E-state index in [1.54, 1.807) is 12.1 Å². The van der Waals surface area contributed by atoms with Crippen molar-refractivity contribution in [3.63, 3.8) is 0 Å². The smallest absolute Gasteiger partial charge is 0.404 e. The standard InChI is InChI=1S/C13H6ClF3N2O/c14-10-5-9(2-4-12(10)20-13(15,16)17)11-3-1-8(6-18)7-19-11/h1-5,7H. The van der Waals surface area contributed by atoms with Gasteiger partial charge in [0.05, 0.1) is 16.3 Å². The van der Waals surface area contributed by atoms with E-state index in [4.69, 9.17) is 16.9 Å². The van der Waals surface area contributed by atoms with Crippen molar-refractivity contribution in [3.8, 4) is 23.1 Å². The molecule has 0 aliphatic rings. The number of nitrogens with zero attached hydrogens (tertiary/aromatic N) is 2. The van der Waals surface area contributed by atoms with E-state index in [9.17, 15) is 13.2 Å². The summed E-state index contributed by atoms with van der Waals surface area (Å²) < 4.78 is 40.1. The van der Waals surface area contributed by atoms with Crippen molar-refractivity contribution in [2.24, 2.45) is 0 Å². The van der Waals surface area contributed by atoms with E-state index in [0.717, 1.165) is 6.07 Å². The molecule has 1 heterocycles. The first-order valence-electron chi connectivity index (χ1n) is 5.31. The minimum Gasteiger partial charge on any atom is -0.404 e. The van der Waals surface area contributed by atoms with Crippen LogP contribution in [-0.4, -0.2) is 11.3 Å². The third-order valence-corrected chi connectivity index (χ3v) is 2.64. The van der Waals surface area contributed by atoms with Crippen LogP contribution in [0.3, 0.4) is 0 Å². The molecule has 0 atom stereocenters. The molecule has 0 saturated heterocycles. The van der Waals surface area contributed by atoms with Crippen molar-refractivity contribution in [1.82, 2.24) is 4.98 Å². The highest BCUT2D eigenvalue weighted by molar-refractivity contribution is 6.32. The second kappa shape index (κ2) is 5.39. The summed E-state index contributed by atoms with van der Waals surface area (Å²) in [7, 11) is 0. The highest BCUT2D eigenvalue weighted by Gasteiger charge is 2.32. The molecule has 1 aromatic heterocycles. The van der Waals surface area contributed by atoms with Crippen LogP contribution in [0.1, 0.15) is 5.56 Å². The molecular formula is C13H6ClF3N2O. The summed E-state index contributed by atoms with van der Waals surface area (Å²) in [4.78, 5) is 4.02. The molecule has 0 amide bonds. The van der Waals surface area contributed by atoms with Gasteiger partial charge in [-0.3, -0.25) is 4.98 Å². The lowest BCUT2D eigenvalue weighted by Crippen LogP contribution is -2.17. The average molecular weight is 299 g/mol. The fourth-order valence-corrected chi connectivity index (χ4v) is 1.72. The molecular weight excluding hydrogens is 293 g/mol. The second-order valence-corrected chi connectivity index (χ2v) is 4.14. The molecule has 0 fully saturated rings. The Morgan fingerprint density at radius 3 is 2.45 bits per heavy atom. The fourth-order valence-electron chi connectivity index (χ4n) is 1.50. The Balaban J connectivity index is 2.30. The van der Waals surface area contributed by atoms with Crippen molar-refractivity contribution in [2.45, 2.75) is 6.36 Å². The molecule has 7 heteroatoms. The zero-order chi connectivity index (χ0) is 14.8. The van der Waals surface area contributed by atoms with Crippen LogP contribution in [0.15, 0.2) is 36.5 Å². The molecule has 0 saturated carbocycles. The van der Waals surface area contributed by atoms with Gasteiger partial charge >= 0.3 is 6.36 Å². The molecule has 102 valence electrons. The third kappa shape index (κ3) is 3.39. The summed E-state index contributed by atoms with van der Waals surface area (Å²) >= 11 is 5.74. The van der Waals surface area contributed by atoms with Gasteiger partial charge < -0.3 is 4.74 Å². The maximum absolute atomic E-state index is 12.1. The van der Waals surface area contributed by atoms with Crippen molar-refractivity contribution in [2.75, 3.05) is 0 Å². The van der Waals surface area contributed by atoms with Crippen LogP contribution in [0.5, 0.6) is 5.75 Å². The molecule has 20 heavy (non-hydrogen) atoms. The summed E-state index contributed by atoms with van der Waals surface area (Å²) in [5.41, 5.74) is 1.40. The quantitative estimate of drug-likeness (QED) is 0.836. The van der Waals surface area contributed by atoms with Gasteiger partial charge in [-0.05, 0) is 30.3 Å². The lowest BCUT2D eigenvalue weighted by Gasteiger charge is -2.11. The highest BCUT2D eigenvalue weighted by atomic mass is 35.5. The van der Waals surface area contributed by atoms with Crippen LogP contribution in [0.4, 0.5) is 13.2 Å². The van der Waals surface area contributed by atoms with E-state index in [2.05, 4.69) is 9.72 Å². The fraction of sp³-hybridized carbons (Fsp3) is 0.0769. The molecule has 0 N–H and O–H groups in total. The Morgan fingerprint density at radius 1 is 1.20 bits per heavy atom. The van der Waals surface area contributed by atoms with Gasteiger partial charge in [0.2, 0.25) is 0 Å². The Morgan fingerprint density at radius 2 is 1.95 bits per heavy atom. The number of hydrogen-bond acceptors (Lipinski definition) is 3. The van der Waals surface area contributed by atoms with Crippen molar-refractivity contribution < 1.29 is 17.9 Å². The monoisotopic (exact) mass is 298 g/mol. The molecule has 2 rings (SSSR count). The number of benzene rings is 1. The van der Waals surface area contributed by atoms with Gasteiger partial charge in [0.1, 0.15) is 11.8 Å². The number of ether oxygens (including phenoxy) is 1. The zero-order valence-electron chi connectivity index (χ0n) is 9.78.